The van der Waals surface area contributed by atoms with E-state index in [9.17, 15) is 9.59 Å². The highest BCUT2D eigenvalue weighted by Crippen LogP contribution is 2.28. The van der Waals surface area contributed by atoms with E-state index < -0.39 is 5.97 Å². The van der Waals surface area contributed by atoms with E-state index in [1.165, 1.54) is 0 Å². The smallest absolute Gasteiger partial charge is 0.318 e. The second-order valence-corrected chi connectivity index (χ2v) is 5.36. The molecular weight excluding hydrogens is 236 g/mol. The second-order valence-electron chi connectivity index (χ2n) is 5.36. The van der Waals surface area contributed by atoms with Gasteiger partial charge in [-0.15, -0.1) is 0 Å². The maximum Gasteiger partial charge on any atom is 0.318 e. The molecule has 0 aromatic rings. The molecule has 1 heterocycles. The Balaban J connectivity index is 1.89. The summed E-state index contributed by atoms with van der Waals surface area (Å²) in [5.74, 6) is -0.871. The van der Waals surface area contributed by atoms with E-state index in [4.69, 9.17) is 9.84 Å². The minimum absolute atomic E-state index is 0.00284. The maximum atomic E-state index is 12.2. The molecule has 1 aliphatic heterocycles. The number of amides is 2. The molecule has 2 aliphatic rings. The third kappa shape index (κ3) is 3.35. The van der Waals surface area contributed by atoms with Crippen molar-refractivity contribution in [3.63, 3.8) is 0 Å². The number of carboxylic acid groups (broad SMARTS) is 1. The van der Waals surface area contributed by atoms with Crippen LogP contribution in [0.3, 0.4) is 0 Å². The van der Waals surface area contributed by atoms with Gasteiger partial charge in [0.05, 0.1) is 18.6 Å². The van der Waals surface area contributed by atoms with E-state index >= 15 is 0 Å². The molecule has 0 radical (unpaired) electrons. The summed E-state index contributed by atoms with van der Waals surface area (Å²) >= 11 is 0. The summed E-state index contributed by atoms with van der Waals surface area (Å²) in [7, 11) is 0. The zero-order valence-electron chi connectivity index (χ0n) is 10.6. The number of carboxylic acids is 1. The lowest BCUT2D eigenvalue weighted by Crippen LogP contribution is -2.53. The Bertz CT molecular complexity index is 335. The quantitative estimate of drug-likeness (QED) is 0.763. The zero-order chi connectivity index (χ0) is 13.2. The van der Waals surface area contributed by atoms with Gasteiger partial charge in [-0.25, -0.2) is 4.79 Å². The number of nitrogens with zero attached hydrogens (tertiary/aromatic N) is 1. The van der Waals surface area contributed by atoms with E-state index in [0.29, 0.717) is 13.2 Å². The predicted octanol–water partition coefficient (Wildman–Crippen LogP) is 0.814. The second kappa shape index (κ2) is 5.14. The first-order valence-corrected chi connectivity index (χ1v) is 6.38. The Morgan fingerprint density at radius 2 is 2.22 bits per heavy atom. The topological polar surface area (TPSA) is 78.9 Å². The Kier molecular flexibility index (Phi) is 3.75. The normalized spacial score (nSPS) is 26.9. The van der Waals surface area contributed by atoms with Crippen LogP contribution in [0, 0.1) is 0 Å². The van der Waals surface area contributed by atoms with Gasteiger partial charge in [-0.05, 0) is 26.2 Å². The van der Waals surface area contributed by atoms with Gasteiger partial charge in [0, 0.05) is 19.2 Å². The summed E-state index contributed by atoms with van der Waals surface area (Å²) in [6.07, 6.45) is 2.74. The molecule has 2 rings (SSSR count). The Morgan fingerprint density at radius 3 is 2.72 bits per heavy atom. The zero-order valence-corrected chi connectivity index (χ0v) is 10.6. The van der Waals surface area contributed by atoms with Crippen molar-refractivity contribution in [1.82, 2.24) is 10.2 Å². The molecule has 1 atom stereocenters. The summed E-state index contributed by atoms with van der Waals surface area (Å²) in [6, 6.07) is 0.0574. The van der Waals surface area contributed by atoms with Crippen molar-refractivity contribution in [2.24, 2.45) is 0 Å². The first-order chi connectivity index (χ1) is 8.50. The molecule has 1 saturated carbocycles. The van der Waals surface area contributed by atoms with Crippen LogP contribution >= 0.6 is 0 Å². The van der Waals surface area contributed by atoms with Crippen molar-refractivity contribution in [1.29, 1.82) is 0 Å². The Morgan fingerprint density at radius 1 is 1.50 bits per heavy atom. The van der Waals surface area contributed by atoms with Crippen LogP contribution < -0.4 is 5.32 Å². The van der Waals surface area contributed by atoms with Crippen molar-refractivity contribution < 1.29 is 19.4 Å². The van der Waals surface area contributed by atoms with Gasteiger partial charge in [0.1, 0.15) is 0 Å². The number of rotatable bonds is 5. The van der Waals surface area contributed by atoms with Crippen LogP contribution in [-0.2, 0) is 9.53 Å². The molecule has 1 aliphatic carbocycles. The van der Waals surface area contributed by atoms with Crippen molar-refractivity contribution in [2.75, 3.05) is 19.8 Å². The van der Waals surface area contributed by atoms with Crippen LogP contribution in [0.4, 0.5) is 4.79 Å². The molecule has 18 heavy (non-hydrogen) atoms. The lowest BCUT2D eigenvalue weighted by Gasteiger charge is -2.29. The van der Waals surface area contributed by atoms with Crippen molar-refractivity contribution in [3.05, 3.63) is 0 Å². The first-order valence-electron chi connectivity index (χ1n) is 6.38. The average Bonchev–Trinajstić information content (AvgIpc) is 3.02. The van der Waals surface area contributed by atoms with Gasteiger partial charge in [-0.1, -0.05) is 0 Å². The van der Waals surface area contributed by atoms with Crippen molar-refractivity contribution >= 4 is 12.0 Å². The molecule has 0 aromatic heterocycles. The summed E-state index contributed by atoms with van der Waals surface area (Å²) in [4.78, 5) is 24.4. The predicted molar refractivity (Wildman–Crippen MR) is 64.4 cm³/mol. The van der Waals surface area contributed by atoms with Gasteiger partial charge in [0.25, 0.3) is 0 Å². The number of hydrogen-bond donors (Lipinski definition) is 2. The Hall–Kier alpha value is -1.30. The molecule has 0 bridgehead atoms. The molecule has 6 nitrogen and oxygen atoms in total. The van der Waals surface area contributed by atoms with Gasteiger partial charge in [-0.3, -0.25) is 4.79 Å². The highest BCUT2D eigenvalue weighted by atomic mass is 16.5. The number of nitrogens with one attached hydrogen (secondary N) is 1. The van der Waals surface area contributed by atoms with Crippen LogP contribution in [-0.4, -0.2) is 53.3 Å². The van der Waals surface area contributed by atoms with E-state index in [1.807, 2.05) is 6.92 Å². The molecule has 1 unspecified atom stereocenters. The molecule has 1 saturated heterocycles. The molecular formula is C12H20N2O4. The number of carbonyl (C=O) groups excluding carboxylic acids is 1. The van der Waals surface area contributed by atoms with Crippen LogP contribution in [0.25, 0.3) is 0 Å². The standard InChI is InChI=1S/C12H20N2O4/c1-12(5-7-18-8-12)13-11(17)14(9-2-3-9)6-4-10(15)16/h9H,2-8H2,1H3,(H,13,17)(H,15,16). The van der Waals surface area contributed by atoms with E-state index in [2.05, 4.69) is 5.32 Å². The van der Waals surface area contributed by atoms with Crippen molar-refractivity contribution in [3.8, 4) is 0 Å². The van der Waals surface area contributed by atoms with Crippen LogP contribution in [0.5, 0.6) is 0 Å². The third-order valence-electron chi connectivity index (χ3n) is 3.44. The number of ether oxygens (including phenoxy) is 1. The highest BCUT2D eigenvalue weighted by molar-refractivity contribution is 5.76. The van der Waals surface area contributed by atoms with E-state index in [-0.39, 0.29) is 30.6 Å². The monoisotopic (exact) mass is 256 g/mol. The maximum absolute atomic E-state index is 12.2. The minimum atomic E-state index is -0.871. The molecule has 6 heteroatoms. The summed E-state index contributed by atoms with van der Waals surface area (Å²) in [6.45, 7) is 3.43. The lowest BCUT2D eigenvalue weighted by atomic mass is 10.0. The van der Waals surface area contributed by atoms with Crippen molar-refractivity contribution in [2.45, 2.75) is 44.2 Å². The van der Waals surface area contributed by atoms with Gasteiger partial charge >= 0.3 is 12.0 Å². The minimum Gasteiger partial charge on any atom is -0.481 e. The SMILES string of the molecule is CC1(NC(=O)N(CCC(=O)O)C2CC2)CCOC1. The first kappa shape index (κ1) is 13.1. The van der Waals surface area contributed by atoms with E-state index in [0.717, 1.165) is 19.3 Å². The molecule has 2 fully saturated rings. The van der Waals surface area contributed by atoms with E-state index in [1.54, 1.807) is 4.90 Å². The third-order valence-corrected chi connectivity index (χ3v) is 3.44. The average molecular weight is 256 g/mol. The number of aliphatic carboxylic acids is 1. The van der Waals surface area contributed by atoms with Crippen LogP contribution in [0.2, 0.25) is 0 Å². The van der Waals surface area contributed by atoms with Gasteiger partial charge < -0.3 is 20.1 Å². The molecule has 0 aromatic carbocycles. The fourth-order valence-electron chi connectivity index (χ4n) is 2.15. The number of urea groups is 1. The largest absolute Gasteiger partial charge is 0.481 e. The molecule has 2 amide bonds. The fraction of sp³-hybridized carbons (Fsp3) is 0.833. The molecule has 0 spiro atoms. The highest BCUT2D eigenvalue weighted by Gasteiger charge is 2.37. The van der Waals surface area contributed by atoms with Gasteiger partial charge in [0.15, 0.2) is 0 Å². The van der Waals surface area contributed by atoms with Gasteiger partial charge in [-0.2, -0.15) is 0 Å². The molecule has 102 valence electrons. The summed E-state index contributed by atoms with van der Waals surface area (Å²) in [5.41, 5.74) is -0.312. The number of carbonyl (C=O) groups is 2. The summed E-state index contributed by atoms with van der Waals surface area (Å²) < 4.78 is 5.29. The molecule has 2 N–H and O–H groups in total. The van der Waals surface area contributed by atoms with Crippen LogP contribution in [0.1, 0.15) is 32.6 Å². The summed E-state index contributed by atoms with van der Waals surface area (Å²) in [5, 5.41) is 11.7. The fourth-order valence-corrected chi connectivity index (χ4v) is 2.15. The van der Waals surface area contributed by atoms with Gasteiger partial charge in [0.2, 0.25) is 0 Å². The Labute approximate surface area is 106 Å². The number of hydrogen-bond acceptors (Lipinski definition) is 3. The van der Waals surface area contributed by atoms with Crippen LogP contribution in [0.15, 0.2) is 0 Å². The lowest BCUT2D eigenvalue weighted by molar-refractivity contribution is -0.137.